The van der Waals surface area contributed by atoms with E-state index in [0.717, 1.165) is 44.9 Å². The van der Waals surface area contributed by atoms with Crippen LogP contribution in [0.3, 0.4) is 0 Å². The molecule has 0 aliphatic carbocycles. The molecule has 4 nitrogen and oxygen atoms in total. The molecular formula is C21H43KO4S. The van der Waals surface area contributed by atoms with Crippen molar-refractivity contribution in [2.24, 2.45) is 0 Å². The van der Waals surface area contributed by atoms with Crippen LogP contribution in [-0.4, -0.2) is 29.4 Å². The van der Waals surface area contributed by atoms with E-state index in [1.54, 1.807) is 0 Å². The first-order chi connectivity index (χ1) is 12.4. The Morgan fingerprint density at radius 3 is 1.56 bits per heavy atom. The summed E-state index contributed by atoms with van der Waals surface area (Å²) in [7, 11) is -4.22. The molecule has 6 heteroatoms. The van der Waals surface area contributed by atoms with E-state index >= 15 is 0 Å². The summed E-state index contributed by atoms with van der Waals surface area (Å²) in [6, 6.07) is 0. The first-order valence-electron chi connectivity index (χ1n) is 11.0. The van der Waals surface area contributed by atoms with E-state index in [9.17, 15) is 18.1 Å². The maximum Gasteiger partial charge on any atom is 1.00 e. The van der Waals surface area contributed by atoms with Crippen LogP contribution in [0, 0.1) is 0 Å². The molecule has 158 valence electrons. The number of hydrogen-bond donors (Lipinski definition) is 1. The summed E-state index contributed by atoms with van der Waals surface area (Å²) in [6.45, 7) is 4.33. The molecule has 0 aromatic rings. The van der Waals surface area contributed by atoms with Crippen molar-refractivity contribution in [3.63, 3.8) is 0 Å². The summed E-state index contributed by atoms with van der Waals surface area (Å²) in [5, 5.41) is 9.29. The van der Waals surface area contributed by atoms with Gasteiger partial charge in [0.05, 0.1) is 16.2 Å². The fraction of sp³-hybridized carbons (Fsp3) is 1.00. The number of rotatable bonds is 19. The van der Waals surface area contributed by atoms with Crippen molar-refractivity contribution in [3.05, 3.63) is 0 Å². The van der Waals surface area contributed by atoms with Gasteiger partial charge in [-0.1, -0.05) is 90.9 Å². The normalized spacial score (nSPS) is 13.9. The minimum absolute atomic E-state index is 0. The molecule has 0 saturated heterocycles. The molecule has 2 atom stereocenters. The number of hydrogen-bond acceptors (Lipinski definition) is 4. The molecule has 0 amide bonds. The van der Waals surface area contributed by atoms with Gasteiger partial charge in [-0.05, 0) is 32.1 Å². The van der Waals surface area contributed by atoms with E-state index in [4.69, 9.17) is 0 Å². The molecule has 0 heterocycles. The van der Waals surface area contributed by atoms with Gasteiger partial charge in [0.15, 0.2) is 0 Å². The Hall–Kier alpha value is 1.51. The zero-order chi connectivity index (χ0) is 19.7. The molecule has 0 bridgehead atoms. The predicted molar refractivity (Wildman–Crippen MR) is 109 cm³/mol. The Morgan fingerprint density at radius 1 is 0.667 bits per heavy atom. The van der Waals surface area contributed by atoms with E-state index in [0.29, 0.717) is 25.7 Å². The van der Waals surface area contributed by atoms with Crippen molar-refractivity contribution in [1.82, 2.24) is 0 Å². The summed E-state index contributed by atoms with van der Waals surface area (Å²) in [4.78, 5) is 0. The molecule has 0 spiro atoms. The quantitative estimate of drug-likeness (QED) is 0.194. The van der Waals surface area contributed by atoms with Gasteiger partial charge >= 0.3 is 51.4 Å². The van der Waals surface area contributed by atoms with Gasteiger partial charge in [-0.15, -0.1) is 0 Å². The van der Waals surface area contributed by atoms with Gasteiger partial charge in [-0.25, -0.2) is 8.42 Å². The van der Waals surface area contributed by atoms with Gasteiger partial charge in [-0.2, -0.15) is 0 Å². The van der Waals surface area contributed by atoms with Crippen molar-refractivity contribution < 1.29 is 69.5 Å². The van der Waals surface area contributed by atoms with Crippen LogP contribution in [0.5, 0.6) is 0 Å². The third-order valence-electron chi connectivity index (χ3n) is 5.24. The first-order valence-corrected chi connectivity index (χ1v) is 12.5. The van der Waals surface area contributed by atoms with Crippen LogP contribution in [0.15, 0.2) is 0 Å². The Labute approximate surface area is 211 Å². The molecule has 0 fully saturated rings. The van der Waals surface area contributed by atoms with Crippen LogP contribution in [0.4, 0.5) is 0 Å². The van der Waals surface area contributed by atoms with Gasteiger partial charge in [0, 0.05) is 5.25 Å². The SMILES string of the molecule is CCCCCCCCCCC(O)CCCC(CCCCCC)S(=O)(=O)[O-].[K+]. The summed E-state index contributed by atoms with van der Waals surface area (Å²) in [5.41, 5.74) is 0. The van der Waals surface area contributed by atoms with E-state index in [-0.39, 0.29) is 57.5 Å². The number of unbranched alkanes of at least 4 members (excludes halogenated alkanes) is 10. The second-order valence-corrected chi connectivity index (χ2v) is 9.46. The second kappa shape index (κ2) is 20.8. The van der Waals surface area contributed by atoms with Gasteiger partial charge in [0.1, 0.15) is 0 Å². The zero-order valence-electron chi connectivity index (χ0n) is 18.3. The summed E-state index contributed by atoms with van der Waals surface area (Å²) in [6.07, 6.45) is 16.5. The Kier molecular flexibility index (Phi) is 23.6. The maximum atomic E-state index is 11.4. The molecule has 0 aliphatic heterocycles. The van der Waals surface area contributed by atoms with Crippen molar-refractivity contribution in [3.8, 4) is 0 Å². The smallest absolute Gasteiger partial charge is 0.748 e. The van der Waals surface area contributed by atoms with Crippen molar-refractivity contribution in [2.45, 2.75) is 134 Å². The molecule has 0 radical (unpaired) electrons. The Bertz CT molecular complexity index is 401. The third kappa shape index (κ3) is 20.6. The van der Waals surface area contributed by atoms with Crippen LogP contribution in [0.2, 0.25) is 0 Å². The molecule has 0 aromatic heterocycles. The second-order valence-electron chi connectivity index (χ2n) is 7.81. The zero-order valence-corrected chi connectivity index (χ0v) is 22.2. The molecular weight excluding hydrogens is 387 g/mol. The molecule has 0 saturated carbocycles. The Morgan fingerprint density at radius 2 is 1.04 bits per heavy atom. The van der Waals surface area contributed by atoms with Crippen LogP contribution in [0.25, 0.3) is 0 Å². The predicted octanol–water partition coefficient (Wildman–Crippen LogP) is 2.94. The third-order valence-corrected chi connectivity index (χ3v) is 6.53. The molecule has 27 heavy (non-hydrogen) atoms. The maximum absolute atomic E-state index is 11.4. The fourth-order valence-corrected chi connectivity index (χ4v) is 4.38. The molecule has 0 aromatic carbocycles. The molecule has 0 rings (SSSR count). The van der Waals surface area contributed by atoms with Crippen molar-refractivity contribution in [2.75, 3.05) is 0 Å². The van der Waals surface area contributed by atoms with Crippen molar-refractivity contribution in [1.29, 1.82) is 0 Å². The molecule has 0 aliphatic rings. The Balaban J connectivity index is 0. The average Bonchev–Trinajstić information content (AvgIpc) is 2.58. The average molecular weight is 431 g/mol. The van der Waals surface area contributed by atoms with Crippen LogP contribution in [0.1, 0.15) is 123 Å². The van der Waals surface area contributed by atoms with Gasteiger partial charge in [-0.3, -0.25) is 0 Å². The van der Waals surface area contributed by atoms with E-state index in [2.05, 4.69) is 13.8 Å². The summed E-state index contributed by atoms with van der Waals surface area (Å²) >= 11 is 0. The topological polar surface area (TPSA) is 77.4 Å². The van der Waals surface area contributed by atoms with Crippen LogP contribution in [-0.2, 0) is 10.1 Å². The summed E-state index contributed by atoms with van der Waals surface area (Å²) < 4.78 is 34.2. The summed E-state index contributed by atoms with van der Waals surface area (Å²) in [5.74, 6) is 0. The fourth-order valence-electron chi connectivity index (χ4n) is 3.47. The minimum Gasteiger partial charge on any atom is -0.748 e. The first kappa shape index (κ1) is 30.7. The van der Waals surface area contributed by atoms with Crippen molar-refractivity contribution >= 4 is 10.1 Å². The molecule has 2 unspecified atom stereocenters. The van der Waals surface area contributed by atoms with Crippen LogP contribution >= 0.6 is 0 Å². The minimum atomic E-state index is -4.22. The number of aliphatic hydroxyl groups is 1. The van der Waals surface area contributed by atoms with Gasteiger partial charge in [0.2, 0.25) is 0 Å². The van der Waals surface area contributed by atoms with E-state index in [1.807, 2.05) is 0 Å². The van der Waals surface area contributed by atoms with E-state index in [1.165, 1.54) is 38.5 Å². The van der Waals surface area contributed by atoms with Crippen LogP contribution < -0.4 is 51.4 Å². The largest absolute Gasteiger partial charge is 1.00 e. The monoisotopic (exact) mass is 430 g/mol. The van der Waals surface area contributed by atoms with E-state index < -0.39 is 15.4 Å². The van der Waals surface area contributed by atoms with Gasteiger partial charge in [0.25, 0.3) is 0 Å². The standard InChI is InChI=1S/C21H44O4S.K/c1-3-5-7-9-10-11-12-13-16-20(22)17-15-19-21(26(23,24)25)18-14-8-6-4-2;/h20-22H,3-19H2,1-2H3,(H,23,24,25);/q;+1/p-1. The molecule has 1 N–H and O–H groups in total. The van der Waals surface area contributed by atoms with Gasteiger partial charge < -0.3 is 9.66 Å². The number of aliphatic hydroxyl groups excluding tert-OH is 1.